The third-order valence-corrected chi connectivity index (χ3v) is 8.60. The zero-order valence-electron chi connectivity index (χ0n) is 16.4. The SMILES string of the molecule is CN(C(=O)OC(C)(C)C)[C@@H](/C=C\CN)CO[Si](C)(C)C(C)(C)C. The topological polar surface area (TPSA) is 64.8 Å². The molecule has 0 bridgehead atoms. The molecule has 0 fully saturated rings. The van der Waals surface area contributed by atoms with E-state index in [4.69, 9.17) is 14.9 Å². The number of nitrogens with two attached hydrogens (primary N) is 1. The summed E-state index contributed by atoms with van der Waals surface area (Å²) < 4.78 is 11.7. The van der Waals surface area contributed by atoms with Crippen LogP contribution in [-0.2, 0) is 9.16 Å². The minimum atomic E-state index is -1.88. The van der Waals surface area contributed by atoms with Crippen molar-refractivity contribution in [2.24, 2.45) is 5.73 Å². The summed E-state index contributed by atoms with van der Waals surface area (Å²) in [4.78, 5) is 13.9. The molecule has 0 aromatic rings. The molecule has 0 rings (SSSR count). The summed E-state index contributed by atoms with van der Waals surface area (Å²) in [6.07, 6.45) is 3.40. The van der Waals surface area contributed by atoms with Crippen molar-refractivity contribution in [1.82, 2.24) is 4.90 Å². The first-order valence-electron chi connectivity index (χ1n) is 8.18. The molecular formula is C17H36N2O3Si. The van der Waals surface area contributed by atoms with Crippen LogP contribution < -0.4 is 5.73 Å². The van der Waals surface area contributed by atoms with Gasteiger partial charge >= 0.3 is 6.09 Å². The van der Waals surface area contributed by atoms with Gasteiger partial charge in [0.25, 0.3) is 0 Å². The number of nitrogens with zero attached hydrogens (tertiary/aromatic N) is 1. The van der Waals surface area contributed by atoms with Crippen LogP contribution in [-0.4, -0.2) is 51.2 Å². The van der Waals surface area contributed by atoms with Crippen LogP contribution in [0.4, 0.5) is 4.79 Å². The summed E-state index contributed by atoms with van der Waals surface area (Å²) in [7, 11) is -0.148. The molecule has 0 radical (unpaired) electrons. The molecule has 2 N–H and O–H groups in total. The van der Waals surface area contributed by atoms with Gasteiger partial charge in [0.15, 0.2) is 8.32 Å². The maximum absolute atomic E-state index is 12.3. The van der Waals surface area contributed by atoms with Crippen molar-refractivity contribution in [2.45, 2.75) is 71.3 Å². The van der Waals surface area contributed by atoms with Crippen molar-refractivity contribution in [1.29, 1.82) is 0 Å². The van der Waals surface area contributed by atoms with Crippen LogP contribution in [0.25, 0.3) is 0 Å². The van der Waals surface area contributed by atoms with Gasteiger partial charge in [-0.15, -0.1) is 0 Å². The third kappa shape index (κ3) is 7.99. The van der Waals surface area contributed by atoms with Crippen LogP contribution in [0, 0.1) is 0 Å². The van der Waals surface area contributed by atoms with Crippen molar-refractivity contribution in [2.75, 3.05) is 20.2 Å². The van der Waals surface area contributed by atoms with E-state index < -0.39 is 13.9 Å². The average molecular weight is 345 g/mol. The number of ether oxygens (including phenoxy) is 1. The lowest BCUT2D eigenvalue weighted by molar-refractivity contribution is 0.0215. The molecule has 0 spiro atoms. The molecule has 0 unspecified atom stereocenters. The fourth-order valence-corrected chi connectivity index (χ4v) is 2.53. The second kappa shape index (κ2) is 8.31. The molecule has 0 aromatic carbocycles. The van der Waals surface area contributed by atoms with E-state index in [1.165, 1.54) is 0 Å². The largest absolute Gasteiger partial charge is 0.444 e. The normalized spacial score (nSPS) is 14.9. The number of rotatable bonds is 6. The Balaban J connectivity index is 5.02. The van der Waals surface area contributed by atoms with Crippen molar-refractivity contribution >= 4 is 14.4 Å². The van der Waals surface area contributed by atoms with Crippen LogP contribution in [0.3, 0.4) is 0 Å². The van der Waals surface area contributed by atoms with Crippen LogP contribution >= 0.6 is 0 Å². The van der Waals surface area contributed by atoms with E-state index in [9.17, 15) is 4.79 Å². The quantitative estimate of drug-likeness (QED) is 0.588. The monoisotopic (exact) mass is 344 g/mol. The molecule has 0 heterocycles. The molecule has 6 heteroatoms. The van der Waals surface area contributed by atoms with Gasteiger partial charge in [-0.3, -0.25) is 0 Å². The van der Waals surface area contributed by atoms with Gasteiger partial charge in [0.1, 0.15) is 5.60 Å². The van der Waals surface area contributed by atoms with Gasteiger partial charge in [0.2, 0.25) is 0 Å². The Morgan fingerprint density at radius 1 is 1.22 bits per heavy atom. The second-order valence-electron chi connectivity index (χ2n) is 8.39. The third-order valence-electron chi connectivity index (χ3n) is 4.09. The Bertz CT molecular complexity index is 409. The maximum Gasteiger partial charge on any atom is 0.410 e. The highest BCUT2D eigenvalue weighted by molar-refractivity contribution is 6.74. The van der Waals surface area contributed by atoms with E-state index in [1.807, 2.05) is 32.9 Å². The van der Waals surface area contributed by atoms with E-state index >= 15 is 0 Å². The summed E-state index contributed by atoms with van der Waals surface area (Å²) in [6.45, 7) is 17.4. The summed E-state index contributed by atoms with van der Waals surface area (Å²) in [5, 5.41) is 0.125. The first kappa shape index (κ1) is 22.1. The van der Waals surface area contributed by atoms with Crippen LogP contribution in [0.2, 0.25) is 18.1 Å². The highest BCUT2D eigenvalue weighted by atomic mass is 28.4. The molecule has 5 nitrogen and oxygen atoms in total. The zero-order chi connectivity index (χ0) is 18.5. The Morgan fingerprint density at radius 2 is 1.74 bits per heavy atom. The fraction of sp³-hybridized carbons (Fsp3) is 0.824. The van der Waals surface area contributed by atoms with Crippen molar-refractivity contribution in [3.63, 3.8) is 0 Å². The number of carbonyl (C=O) groups is 1. The molecule has 0 aliphatic carbocycles. The first-order chi connectivity index (χ1) is 10.2. The molecule has 0 saturated heterocycles. The molecule has 23 heavy (non-hydrogen) atoms. The number of likely N-dealkylation sites (N-methyl/N-ethyl adjacent to an activating group) is 1. The Kier molecular flexibility index (Phi) is 8.00. The van der Waals surface area contributed by atoms with Gasteiger partial charge in [-0.1, -0.05) is 32.9 Å². The van der Waals surface area contributed by atoms with Gasteiger partial charge in [-0.2, -0.15) is 0 Å². The predicted octanol–water partition coefficient (Wildman–Crippen LogP) is 3.76. The van der Waals surface area contributed by atoms with Gasteiger partial charge in [0.05, 0.1) is 12.6 Å². The maximum atomic E-state index is 12.3. The van der Waals surface area contributed by atoms with Crippen LogP contribution in [0.5, 0.6) is 0 Å². The molecule has 0 saturated carbocycles. The van der Waals surface area contributed by atoms with Crippen LogP contribution in [0.15, 0.2) is 12.2 Å². The highest BCUT2D eigenvalue weighted by Gasteiger charge is 2.38. The summed E-state index contributed by atoms with van der Waals surface area (Å²) >= 11 is 0. The smallest absolute Gasteiger partial charge is 0.410 e. The number of carbonyl (C=O) groups excluding carboxylic acids is 1. The summed E-state index contributed by atoms with van der Waals surface area (Å²) in [5.41, 5.74) is 5.03. The lowest BCUT2D eigenvalue weighted by Crippen LogP contribution is -2.47. The lowest BCUT2D eigenvalue weighted by Gasteiger charge is -2.38. The van der Waals surface area contributed by atoms with Crippen LogP contribution in [0.1, 0.15) is 41.5 Å². The molecule has 0 aromatic heterocycles. The molecule has 1 amide bonds. The van der Waals surface area contributed by atoms with E-state index in [2.05, 4.69) is 33.9 Å². The first-order valence-corrected chi connectivity index (χ1v) is 11.1. The van der Waals surface area contributed by atoms with Gasteiger partial charge in [-0.05, 0) is 38.9 Å². The lowest BCUT2D eigenvalue weighted by atomic mass is 10.2. The molecule has 1 atom stereocenters. The van der Waals surface area contributed by atoms with E-state index in [1.54, 1.807) is 11.9 Å². The summed E-state index contributed by atoms with van der Waals surface area (Å²) in [6, 6.07) is -0.192. The highest BCUT2D eigenvalue weighted by Crippen LogP contribution is 2.36. The van der Waals surface area contributed by atoms with Gasteiger partial charge in [-0.25, -0.2) is 4.79 Å². The van der Waals surface area contributed by atoms with E-state index in [-0.39, 0.29) is 17.2 Å². The van der Waals surface area contributed by atoms with Crippen molar-refractivity contribution in [3.05, 3.63) is 12.2 Å². The number of amides is 1. The zero-order valence-corrected chi connectivity index (χ0v) is 17.4. The van der Waals surface area contributed by atoms with Crippen molar-refractivity contribution in [3.8, 4) is 0 Å². The van der Waals surface area contributed by atoms with E-state index in [0.717, 1.165) is 0 Å². The number of hydrogen-bond donors (Lipinski definition) is 1. The molecule has 136 valence electrons. The molecule has 0 aliphatic rings. The standard InChI is InChI=1S/C17H36N2O3Si/c1-16(2,3)22-15(20)19(7)14(11-10-12-18)13-21-23(8,9)17(4,5)6/h10-11,14H,12-13,18H2,1-9H3/b11-10-/t14-/m0/s1. The Hall–Kier alpha value is -0.853. The molecular weight excluding hydrogens is 308 g/mol. The van der Waals surface area contributed by atoms with Gasteiger partial charge < -0.3 is 19.8 Å². The minimum Gasteiger partial charge on any atom is -0.444 e. The predicted molar refractivity (Wildman–Crippen MR) is 99.1 cm³/mol. The number of hydrogen-bond acceptors (Lipinski definition) is 4. The Morgan fingerprint density at radius 3 is 2.13 bits per heavy atom. The fourth-order valence-electron chi connectivity index (χ4n) is 1.51. The average Bonchev–Trinajstić information content (AvgIpc) is 2.34. The van der Waals surface area contributed by atoms with E-state index in [0.29, 0.717) is 13.2 Å². The Labute approximate surface area is 143 Å². The molecule has 0 aliphatic heterocycles. The summed E-state index contributed by atoms with van der Waals surface area (Å²) in [5.74, 6) is 0. The van der Waals surface area contributed by atoms with Crippen molar-refractivity contribution < 1.29 is 14.0 Å². The second-order valence-corrected chi connectivity index (χ2v) is 13.2. The van der Waals surface area contributed by atoms with Gasteiger partial charge in [0, 0.05) is 13.6 Å². The minimum absolute atomic E-state index is 0.125.